The van der Waals surface area contributed by atoms with Gasteiger partial charge in [0.25, 0.3) is 0 Å². The van der Waals surface area contributed by atoms with Crippen molar-refractivity contribution in [2.24, 2.45) is 16.7 Å². The third-order valence-corrected chi connectivity index (χ3v) is 6.49. The third kappa shape index (κ3) is 2.50. The molecule has 2 rings (SSSR count). The Hall–Kier alpha value is -0.610. The summed E-state index contributed by atoms with van der Waals surface area (Å²) >= 11 is 0. The van der Waals surface area contributed by atoms with Crippen molar-refractivity contribution in [3.8, 4) is 0 Å². The average Bonchev–Trinajstić information content (AvgIpc) is 2.77. The first-order chi connectivity index (χ1) is 9.71. The molecular weight excluding hydrogens is 266 g/mol. The van der Waals surface area contributed by atoms with E-state index in [1.807, 2.05) is 13.8 Å². The Labute approximate surface area is 129 Å². The summed E-state index contributed by atoms with van der Waals surface area (Å²) in [5.41, 5.74) is -0.204. The maximum absolute atomic E-state index is 12.0. The van der Waals surface area contributed by atoms with Crippen LogP contribution in [0.5, 0.6) is 0 Å². The molecule has 2 bridgehead atoms. The summed E-state index contributed by atoms with van der Waals surface area (Å²) in [6.07, 6.45) is 3.90. The van der Waals surface area contributed by atoms with Crippen LogP contribution < -0.4 is 5.32 Å². The lowest BCUT2D eigenvalue weighted by Gasteiger charge is -2.40. The molecule has 1 N–H and O–H groups in total. The minimum Gasteiger partial charge on any atom is -0.468 e. The van der Waals surface area contributed by atoms with Gasteiger partial charge in [0.2, 0.25) is 0 Å². The summed E-state index contributed by atoms with van der Waals surface area (Å²) in [4.78, 5) is 12.0. The van der Waals surface area contributed by atoms with Gasteiger partial charge in [-0.25, -0.2) is 4.79 Å². The van der Waals surface area contributed by atoms with Gasteiger partial charge in [-0.1, -0.05) is 27.7 Å². The number of carbonyl (C=O) groups excluding carboxylic acids is 1. The molecule has 0 aromatic carbocycles. The van der Waals surface area contributed by atoms with Crippen molar-refractivity contribution in [2.75, 3.05) is 20.3 Å². The van der Waals surface area contributed by atoms with E-state index in [4.69, 9.17) is 9.47 Å². The summed E-state index contributed by atoms with van der Waals surface area (Å²) in [6, 6.07) is 0. The zero-order chi connectivity index (χ0) is 15.9. The summed E-state index contributed by atoms with van der Waals surface area (Å²) in [5.74, 6) is 0.493. The Morgan fingerprint density at radius 1 is 1.38 bits per heavy atom. The zero-order valence-corrected chi connectivity index (χ0v) is 14.4. The van der Waals surface area contributed by atoms with Crippen molar-refractivity contribution in [1.82, 2.24) is 5.32 Å². The molecule has 122 valence electrons. The number of ether oxygens (including phenoxy) is 2. The Kier molecular flexibility index (Phi) is 4.42. The second kappa shape index (κ2) is 5.54. The number of hydrogen-bond donors (Lipinski definition) is 1. The second-order valence-electron chi connectivity index (χ2n) is 7.76. The van der Waals surface area contributed by atoms with Crippen LogP contribution in [0.15, 0.2) is 0 Å². The van der Waals surface area contributed by atoms with Crippen LogP contribution in [-0.2, 0) is 14.3 Å². The van der Waals surface area contributed by atoms with Gasteiger partial charge in [0.15, 0.2) is 0 Å². The molecule has 4 heteroatoms. The van der Waals surface area contributed by atoms with Gasteiger partial charge in [-0.05, 0) is 49.5 Å². The monoisotopic (exact) mass is 297 g/mol. The van der Waals surface area contributed by atoms with E-state index in [9.17, 15) is 4.79 Å². The molecule has 0 radical (unpaired) electrons. The van der Waals surface area contributed by atoms with Crippen molar-refractivity contribution >= 4 is 5.97 Å². The summed E-state index contributed by atoms with van der Waals surface area (Å²) < 4.78 is 11.2. The van der Waals surface area contributed by atoms with Crippen LogP contribution in [0.4, 0.5) is 0 Å². The Morgan fingerprint density at radius 3 is 2.48 bits per heavy atom. The molecule has 4 unspecified atom stereocenters. The van der Waals surface area contributed by atoms with Gasteiger partial charge in [0.05, 0.1) is 19.8 Å². The molecule has 4 nitrogen and oxygen atoms in total. The predicted molar refractivity (Wildman–Crippen MR) is 83.1 cm³/mol. The number of carbonyl (C=O) groups is 1. The highest BCUT2D eigenvalue weighted by Gasteiger charge is 2.62. The van der Waals surface area contributed by atoms with E-state index in [1.54, 1.807) is 0 Å². The molecule has 0 spiro atoms. The van der Waals surface area contributed by atoms with Gasteiger partial charge in [-0.3, -0.25) is 0 Å². The topological polar surface area (TPSA) is 47.6 Å². The number of hydrogen-bond acceptors (Lipinski definition) is 4. The Balaban J connectivity index is 2.05. The highest BCUT2D eigenvalue weighted by Crippen LogP contribution is 2.66. The number of likely N-dealkylation sites (N-methyl/N-ethyl adjacent to an activating group) is 1. The van der Waals surface area contributed by atoms with Gasteiger partial charge >= 0.3 is 5.97 Å². The second-order valence-corrected chi connectivity index (χ2v) is 7.76. The van der Waals surface area contributed by atoms with Crippen LogP contribution in [0.3, 0.4) is 0 Å². The summed E-state index contributed by atoms with van der Waals surface area (Å²) in [5, 5.41) is 3.21. The summed E-state index contributed by atoms with van der Waals surface area (Å²) in [7, 11) is 1.43. The first-order valence-corrected chi connectivity index (χ1v) is 8.16. The van der Waals surface area contributed by atoms with Crippen molar-refractivity contribution < 1.29 is 14.3 Å². The van der Waals surface area contributed by atoms with Crippen molar-refractivity contribution in [3.05, 3.63) is 0 Å². The fraction of sp³-hybridized carbons (Fsp3) is 0.941. The minimum absolute atomic E-state index is 0.223. The van der Waals surface area contributed by atoms with Crippen LogP contribution in [0.1, 0.15) is 53.9 Å². The maximum atomic E-state index is 12.0. The quantitative estimate of drug-likeness (QED) is 0.766. The molecular formula is C17H31NO3. The maximum Gasteiger partial charge on any atom is 0.328 e. The molecule has 0 heterocycles. The fourth-order valence-electron chi connectivity index (χ4n) is 4.45. The lowest BCUT2D eigenvalue weighted by Crippen LogP contribution is -2.55. The number of fused-ring (bicyclic) bond motifs is 2. The standard InChI is InChI=1S/C17H31NO3/c1-7-18-17(5,14(19)20-6)11-21-13-10-12-8-9-16(13,4)15(12,2)3/h12-13,18H,7-11H2,1-6H3. The van der Waals surface area contributed by atoms with E-state index in [0.29, 0.717) is 18.6 Å². The van der Waals surface area contributed by atoms with Crippen molar-refractivity contribution in [3.63, 3.8) is 0 Å². The van der Waals surface area contributed by atoms with Crippen molar-refractivity contribution in [2.45, 2.75) is 65.5 Å². The lowest BCUT2D eigenvalue weighted by atomic mass is 9.70. The van der Waals surface area contributed by atoms with E-state index < -0.39 is 5.54 Å². The lowest BCUT2D eigenvalue weighted by molar-refractivity contribution is -0.153. The molecule has 4 atom stereocenters. The van der Waals surface area contributed by atoms with Crippen LogP contribution >= 0.6 is 0 Å². The first kappa shape index (κ1) is 16.8. The van der Waals surface area contributed by atoms with Gasteiger partial charge in [-0.15, -0.1) is 0 Å². The van der Waals surface area contributed by atoms with Crippen molar-refractivity contribution in [1.29, 1.82) is 0 Å². The van der Waals surface area contributed by atoms with E-state index >= 15 is 0 Å². The SMILES string of the molecule is CCNC(C)(COC1CC2CCC1(C)C2(C)C)C(=O)OC. The van der Waals surface area contributed by atoms with E-state index in [2.05, 4.69) is 26.1 Å². The zero-order valence-electron chi connectivity index (χ0n) is 14.4. The van der Waals surface area contributed by atoms with Crippen LogP contribution in [0.2, 0.25) is 0 Å². The first-order valence-electron chi connectivity index (χ1n) is 8.16. The summed E-state index contributed by atoms with van der Waals surface area (Å²) in [6.45, 7) is 12.0. The normalized spacial score (nSPS) is 36.5. The molecule has 0 aromatic rings. The minimum atomic E-state index is -0.758. The average molecular weight is 297 g/mol. The Morgan fingerprint density at radius 2 is 2.05 bits per heavy atom. The molecule has 0 aliphatic heterocycles. The molecule has 2 aliphatic carbocycles. The number of rotatable bonds is 6. The smallest absolute Gasteiger partial charge is 0.328 e. The number of esters is 1. The van der Waals surface area contributed by atoms with E-state index in [1.165, 1.54) is 20.0 Å². The fourth-order valence-corrected chi connectivity index (χ4v) is 4.45. The van der Waals surface area contributed by atoms with Crippen LogP contribution in [0, 0.1) is 16.7 Å². The van der Waals surface area contributed by atoms with Gasteiger partial charge < -0.3 is 14.8 Å². The molecule has 0 aromatic heterocycles. The molecule has 2 saturated carbocycles. The number of nitrogens with one attached hydrogen (secondary N) is 1. The predicted octanol–water partition coefficient (Wildman–Crippen LogP) is 2.76. The molecule has 2 fully saturated rings. The molecule has 21 heavy (non-hydrogen) atoms. The van der Waals surface area contributed by atoms with Gasteiger partial charge in [0, 0.05) is 0 Å². The van der Waals surface area contributed by atoms with E-state index in [-0.39, 0.29) is 17.5 Å². The van der Waals surface area contributed by atoms with Gasteiger partial charge in [-0.2, -0.15) is 0 Å². The molecule has 2 aliphatic rings. The van der Waals surface area contributed by atoms with Crippen LogP contribution in [-0.4, -0.2) is 37.9 Å². The number of methoxy groups -OCH3 is 1. The highest BCUT2D eigenvalue weighted by molar-refractivity contribution is 5.80. The van der Waals surface area contributed by atoms with Crippen LogP contribution in [0.25, 0.3) is 0 Å². The Bertz CT molecular complexity index is 409. The molecule has 0 amide bonds. The third-order valence-electron chi connectivity index (χ3n) is 6.49. The largest absolute Gasteiger partial charge is 0.468 e. The van der Waals surface area contributed by atoms with E-state index in [0.717, 1.165) is 12.3 Å². The van der Waals surface area contributed by atoms with Gasteiger partial charge in [0.1, 0.15) is 5.54 Å². The highest BCUT2D eigenvalue weighted by atomic mass is 16.5. The molecule has 0 saturated heterocycles.